The van der Waals surface area contributed by atoms with Crippen molar-refractivity contribution in [3.8, 4) is 0 Å². The molecule has 0 spiro atoms. The Balaban J connectivity index is 2.50. The average molecular weight is 689 g/mol. The summed E-state index contributed by atoms with van der Waals surface area (Å²) in [6, 6.07) is 18.4. The molecule has 0 amide bonds. The van der Waals surface area contributed by atoms with E-state index in [-0.39, 0.29) is 13.2 Å². The standard InChI is InChI=1S/2C6H5.2C3H5AsO3.Pb/c2*1-2-4-6-5-3-1;2*1-2-3-7-4(5)6;/h2*1-5H;2*2H,1,3H2;/q;;2*-1;+2. The third kappa shape index (κ3) is 6.75. The second-order valence-corrected chi connectivity index (χ2v) is 25.5. The van der Waals surface area contributed by atoms with E-state index in [4.69, 9.17) is 10.8 Å². The zero-order valence-electron chi connectivity index (χ0n) is 14.6. The van der Waals surface area contributed by atoms with Crippen molar-refractivity contribution in [2.75, 3.05) is 13.2 Å². The zero-order chi connectivity index (χ0) is 19.5. The maximum atomic E-state index is 12.5. The monoisotopic (exact) mass is 690 g/mol. The Bertz CT molecular complexity index is 717. The third-order valence-electron chi connectivity index (χ3n) is 3.31. The first-order valence-electron chi connectivity index (χ1n) is 8.04. The molecule has 0 saturated heterocycles. The summed E-state index contributed by atoms with van der Waals surface area (Å²) in [7, 11) is 0. The van der Waals surface area contributed by atoms with Gasteiger partial charge in [-0.1, -0.05) is 0 Å². The van der Waals surface area contributed by atoms with Gasteiger partial charge in [0, 0.05) is 0 Å². The van der Waals surface area contributed by atoms with Gasteiger partial charge in [0.25, 0.3) is 0 Å². The molecule has 6 nitrogen and oxygen atoms in total. The molecular weight excluding hydrogens is 669 g/mol. The van der Waals surface area contributed by atoms with Crippen LogP contribution in [0.4, 0.5) is 0 Å². The van der Waals surface area contributed by atoms with Crippen LogP contribution < -0.4 is 6.25 Å². The van der Waals surface area contributed by atoms with Crippen molar-refractivity contribution >= 4 is 58.9 Å². The molecule has 2 aromatic carbocycles. The van der Waals surface area contributed by atoms with Gasteiger partial charge in [-0.25, -0.2) is 0 Å². The molecule has 0 aliphatic rings. The van der Waals surface area contributed by atoms with Gasteiger partial charge in [0.05, 0.1) is 0 Å². The Morgan fingerprint density at radius 3 is 1.44 bits per heavy atom. The minimum atomic E-state index is -4.73. The zero-order valence-corrected chi connectivity index (χ0v) is 22.2. The quantitative estimate of drug-likeness (QED) is 0.249. The van der Waals surface area contributed by atoms with Gasteiger partial charge in [0.1, 0.15) is 0 Å². The summed E-state index contributed by atoms with van der Waals surface area (Å²) in [5.41, 5.74) is 0. The predicted octanol–water partition coefficient (Wildman–Crippen LogP) is 1.51. The summed E-state index contributed by atoms with van der Waals surface area (Å²) in [6.07, 6.45) is 2.98. The first-order chi connectivity index (χ1) is 13.1. The van der Waals surface area contributed by atoms with Gasteiger partial charge in [0.2, 0.25) is 0 Å². The van der Waals surface area contributed by atoms with Crippen LogP contribution in [0, 0.1) is 0 Å². The minimum absolute atomic E-state index is 0.1000. The SMILES string of the molecule is C=CCO[As](=O)[O][Pb]([O][As](=O)OCC=C)([c]1ccccc1)[c]1ccccc1. The van der Waals surface area contributed by atoms with Crippen LogP contribution in [0.15, 0.2) is 86.0 Å². The Kier molecular flexibility index (Phi) is 10.1. The average Bonchev–Trinajstić information content (AvgIpc) is 2.71. The molecular formula is C18H20As2O6Pb. The van der Waals surface area contributed by atoms with Crippen LogP contribution in [0.2, 0.25) is 0 Å². The summed E-state index contributed by atoms with van der Waals surface area (Å²) in [6.45, 7) is 7.29. The Labute approximate surface area is 175 Å². The van der Waals surface area contributed by atoms with E-state index in [1.165, 1.54) is 12.2 Å². The fraction of sp³-hybridized carbons (Fsp3) is 0.111. The van der Waals surface area contributed by atoms with Crippen LogP contribution in [0.5, 0.6) is 0 Å². The van der Waals surface area contributed by atoms with Crippen LogP contribution in [-0.2, 0) is 18.3 Å². The van der Waals surface area contributed by atoms with Crippen LogP contribution in [0.25, 0.3) is 0 Å². The first kappa shape index (κ1) is 22.7. The van der Waals surface area contributed by atoms with Crippen molar-refractivity contribution < 1.29 is 18.3 Å². The fourth-order valence-electron chi connectivity index (χ4n) is 2.20. The fourth-order valence-corrected chi connectivity index (χ4v) is 34.4. The van der Waals surface area contributed by atoms with Crippen molar-refractivity contribution in [2.24, 2.45) is 0 Å². The molecule has 27 heavy (non-hydrogen) atoms. The van der Waals surface area contributed by atoms with Gasteiger partial charge in [-0.2, -0.15) is 0 Å². The normalized spacial score (nSPS) is 12.3. The molecule has 2 unspecified atom stereocenters. The summed E-state index contributed by atoms with van der Waals surface area (Å²) < 4.78 is 49.0. The second kappa shape index (κ2) is 12.1. The van der Waals surface area contributed by atoms with E-state index in [1.807, 2.05) is 60.7 Å². The van der Waals surface area contributed by atoms with E-state index in [2.05, 4.69) is 13.2 Å². The molecule has 0 aromatic heterocycles. The second-order valence-electron chi connectivity index (χ2n) is 5.15. The molecule has 2 rings (SSSR count). The van der Waals surface area contributed by atoms with E-state index in [1.54, 1.807) is 0 Å². The molecule has 0 aliphatic carbocycles. The van der Waals surface area contributed by atoms with E-state index >= 15 is 0 Å². The number of rotatable bonds is 12. The van der Waals surface area contributed by atoms with Crippen LogP contribution in [-0.4, -0.2) is 65.8 Å². The first-order valence-corrected chi connectivity index (χ1v) is 19.7. The van der Waals surface area contributed by atoms with Gasteiger partial charge < -0.3 is 0 Å². The van der Waals surface area contributed by atoms with Crippen molar-refractivity contribution in [3.05, 3.63) is 86.0 Å². The Hall–Kier alpha value is -0.601. The van der Waals surface area contributed by atoms with E-state index in [9.17, 15) is 7.48 Å². The van der Waals surface area contributed by atoms with Crippen molar-refractivity contribution in [2.45, 2.75) is 0 Å². The molecule has 142 valence electrons. The summed E-state index contributed by atoms with van der Waals surface area (Å²) >= 11 is -11.5. The summed E-state index contributed by atoms with van der Waals surface area (Å²) in [5.74, 6) is 0. The van der Waals surface area contributed by atoms with Gasteiger partial charge in [-0.3, -0.25) is 0 Å². The topological polar surface area (TPSA) is 71.1 Å². The van der Waals surface area contributed by atoms with Crippen LogP contribution >= 0.6 is 0 Å². The molecule has 0 bridgehead atoms. The van der Waals surface area contributed by atoms with Crippen molar-refractivity contribution in [1.82, 2.24) is 0 Å². The predicted molar refractivity (Wildman–Crippen MR) is 105 cm³/mol. The molecule has 0 heterocycles. The molecule has 2 atom stereocenters. The van der Waals surface area contributed by atoms with E-state index in [0.717, 1.165) is 6.25 Å². The molecule has 0 aliphatic heterocycles. The number of benzene rings is 2. The van der Waals surface area contributed by atoms with Crippen LogP contribution in [0.1, 0.15) is 0 Å². The molecule has 9 heteroatoms. The van der Waals surface area contributed by atoms with Crippen LogP contribution in [0.3, 0.4) is 0 Å². The number of hydrogen-bond donors (Lipinski definition) is 0. The summed E-state index contributed by atoms with van der Waals surface area (Å²) in [5, 5.41) is 0. The van der Waals surface area contributed by atoms with Gasteiger partial charge in [-0.15, -0.1) is 0 Å². The van der Waals surface area contributed by atoms with Gasteiger partial charge in [-0.05, 0) is 0 Å². The molecule has 0 fully saturated rings. The molecule has 0 N–H and O–H groups in total. The molecule has 0 saturated carbocycles. The maximum absolute atomic E-state index is 12.5. The van der Waals surface area contributed by atoms with Crippen molar-refractivity contribution in [1.29, 1.82) is 0 Å². The third-order valence-corrected chi connectivity index (χ3v) is 31.4. The molecule has 2 aromatic rings. The van der Waals surface area contributed by atoms with Gasteiger partial charge in [0.15, 0.2) is 0 Å². The Morgan fingerprint density at radius 1 is 0.741 bits per heavy atom. The summed E-state index contributed by atoms with van der Waals surface area (Å²) in [4.78, 5) is 0. The number of hydrogen-bond acceptors (Lipinski definition) is 6. The molecule has 2 radical (unpaired) electrons. The van der Waals surface area contributed by atoms with E-state index in [0.29, 0.717) is 0 Å². The van der Waals surface area contributed by atoms with E-state index < -0.39 is 52.6 Å². The van der Waals surface area contributed by atoms with Crippen molar-refractivity contribution in [3.63, 3.8) is 0 Å². The van der Waals surface area contributed by atoms with Gasteiger partial charge >= 0.3 is 176 Å². The Morgan fingerprint density at radius 2 is 1.11 bits per heavy atom.